The molecule has 0 N–H and O–H groups in total. The van der Waals surface area contributed by atoms with Gasteiger partial charge in [-0.05, 0) is 49.6 Å². The summed E-state index contributed by atoms with van der Waals surface area (Å²) < 4.78 is 18.0. The van der Waals surface area contributed by atoms with Crippen LogP contribution in [-0.2, 0) is 6.42 Å². The molecule has 0 fully saturated rings. The number of pyridine rings is 2. The van der Waals surface area contributed by atoms with Gasteiger partial charge in [0.15, 0.2) is 11.5 Å². The summed E-state index contributed by atoms with van der Waals surface area (Å²) in [7, 11) is 3.23. The molecule has 2 aromatic heterocycles. The van der Waals surface area contributed by atoms with Gasteiger partial charge in [0.05, 0.1) is 20.8 Å². The van der Waals surface area contributed by atoms with E-state index in [2.05, 4.69) is 4.98 Å². The predicted octanol–water partition coefficient (Wildman–Crippen LogP) is 4.43. The number of aryl methyl sites for hydroxylation is 1. The van der Waals surface area contributed by atoms with Crippen LogP contribution in [0.3, 0.4) is 0 Å². The molecule has 0 amide bonds. The molecule has 0 unspecified atom stereocenters. The van der Waals surface area contributed by atoms with E-state index in [4.69, 9.17) is 14.2 Å². The van der Waals surface area contributed by atoms with Gasteiger partial charge in [0.1, 0.15) is 11.6 Å². The zero-order valence-corrected chi connectivity index (χ0v) is 17.5. The second-order valence-electron chi connectivity index (χ2n) is 6.91. The molecule has 0 bridgehead atoms. The summed E-state index contributed by atoms with van der Waals surface area (Å²) in [5.74, 6) is 2.80. The minimum Gasteiger partial charge on any atom is -0.493 e. The third-order valence-corrected chi connectivity index (χ3v) is 4.86. The van der Waals surface area contributed by atoms with Gasteiger partial charge in [-0.2, -0.15) is 0 Å². The lowest BCUT2D eigenvalue weighted by atomic mass is 10.1. The van der Waals surface area contributed by atoms with E-state index in [1.807, 2.05) is 48.5 Å². The SMILES string of the molecule is COc1ccc(OCCCCCCc2cccc(=O)n2-c2ccccn2)cc1OC. The number of unbranched alkanes of at least 4 members (excludes halogenated alkanes) is 3. The fraction of sp³-hybridized carbons (Fsp3) is 0.333. The molecule has 158 valence electrons. The average molecular weight is 408 g/mol. The summed E-state index contributed by atoms with van der Waals surface area (Å²) in [6.07, 6.45) is 6.65. The van der Waals surface area contributed by atoms with Crippen molar-refractivity contribution in [2.75, 3.05) is 20.8 Å². The Hall–Kier alpha value is -3.28. The molecule has 0 aliphatic carbocycles. The van der Waals surface area contributed by atoms with Crippen molar-refractivity contribution < 1.29 is 14.2 Å². The van der Waals surface area contributed by atoms with Gasteiger partial charge in [0, 0.05) is 24.0 Å². The number of aromatic nitrogens is 2. The van der Waals surface area contributed by atoms with Crippen LogP contribution in [0.5, 0.6) is 17.2 Å². The Balaban J connectivity index is 1.43. The third-order valence-electron chi connectivity index (χ3n) is 4.86. The second-order valence-corrected chi connectivity index (χ2v) is 6.91. The van der Waals surface area contributed by atoms with Crippen LogP contribution in [0, 0.1) is 0 Å². The molecule has 0 spiro atoms. The van der Waals surface area contributed by atoms with Crippen LogP contribution in [0.4, 0.5) is 0 Å². The molecular formula is C24H28N2O4. The highest BCUT2D eigenvalue weighted by Gasteiger charge is 2.07. The highest BCUT2D eigenvalue weighted by atomic mass is 16.5. The maximum atomic E-state index is 12.3. The van der Waals surface area contributed by atoms with E-state index in [1.54, 1.807) is 31.0 Å². The molecule has 1 aromatic carbocycles. The molecule has 0 saturated heterocycles. The van der Waals surface area contributed by atoms with Crippen LogP contribution < -0.4 is 19.8 Å². The van der Waals surface area contributed by atoms with Gasteiger partial charge in [-0.15, -0.1) is 0 Å². The Morgan fingerprint density at radius 2 is 1.70 bits per heavy atom. The van der Waals surface area contributed by atoms with Gasteiger partial charge in [-0.25, -0.2) is 4.98 Å². The van der Waals surface area contributed by atoms with Crippen LogP contribution in [0.25, 0.3) is 5.82 Å². The Labute approximate surface area is 177 Å². The van der Waals surface area contributed by atoms with Crippen molar-refractivity contribution in [2.24, 2.45) is 0 Å². The topological polar surface area (TPSA) is 62.6 Å². The fourth-order valence-corrected chi connectivity index (χ4v) is 3.33. The standard InChI is InChI=1S/C24H28N2O4/c1-28-21-15-14-20(18-22(21)29-2)30-17-8-4-3-5-10-19-11-9-13-24(27)26(19)23-12-6-7-16-25-23/h6-7,9,11-16,18H,3-5,8,10,17H2,1-2H3. The maximum absolute atomic E-state index is 12.3. The van der Waals surface area contributed by atoms with Gasteiger partial charge in [-0.1, -0.05) is 25.0 Å². The van der Waals surface area contributed by atoms with Crippen molar-refractivity contribution in [3.8, 4) is 23.1 Å². The first-order chi connectivity index (χ1) is 14.7. The largest absolute Gasteiger partial charge is 0.493 e. The zero-order valence-electron chi connectivity index (χ0n) is 17.5. The van der Waals surface area contributed by atoms with Gasteiger partial charge >= 0.3 is 0 Å². The first-order valence-corrected chi connectivity index (χ1v) is 10.2. The monoisotopic (exact) mass is 408 g/mol. The van der Waals surface area contributed by atoms with E-state index in [1.165, 1.54) is 0 Å². The lowest BCUT2D eigenvalue weighted by Gasteiger charge is -2.12. The Bertz CT molecular complexity index is 986. The van der Waals surface area contributed by atoms with Gasteiger partial charge < -0.3 is 14.2 Å². The van der Waals surface area contributed by atoms with E-state index in [0.717, 1.165) is 43.5 Å². The predicted molar refractivity (Wildman–Crippen MR) is 117 cm³/mol. The Kier molecular flexibility index (Phi) is 7.89. The number of hydrogen-bond acceptors (Lipinski definition) is 5. The van der Waals surface area contributed by atoms with Crippen molar-refractivity contribution in [3.63, 3.8) is 0 Å². The van der Waals surface area contributed by atoms with Crippen LogP contribution in [0.2, 0.25) is 0 Å². The molecule has 3 aromatic rings. The van der Waals surface area contributed by atoms with Crippen molar-refractivity contribution >= 4 is 0 Å². The summed E-state index contributed by atoms with van der Waals surface area (Å²) in [4.78, 5) is 16.6. The van der Waals surface area contributed by atoms with E-state index >= 15 is 0 Å². The van der Waals surface area contributed by atoms with E-state index in [9.17, 15) is 4.79 Å². The van der Waals surface area contributed by atoms with Crippen LogP contribution in [-0.4, -0.2) is 30.4 Å². The normalized spacial score (nSPS) is 10.6. The summed E-state index contributed by atoms with van der Waals surface area (Å²) >= 11 is 0. The van der Waals surface area contributed by atoms with Crippen molar-refractivity contribution in [1.82, 2.24) is 9.55 Å². The average Bonchev–Trinajstić information content (AvgIpc) is 2.79. The van der Waals surface area contributed by atoms with Crippen molar-refractivity contribution in [2.45, 2.75) is 32.1 Å². The third kappa shape index (κ3) is 5.63. The summed E-state index contributed by atoms with van der Waals surface area (Å²) in [5, 5.41) is 0. The van der Waals surface area contributed by atoms with Crippen molar-refractivity contribution in [1.29, 1.82) is 0 Å². The maximum Gasteiger partial charge on any atom is 0.256 e. The first-order valence-electron chi connectivity index (χ1n) is 10.2. The number of ether oxygens (including phenoxy) is 3. The number of nitrogens with zero attached hydrogens (tertiary/aromatic N) is 2. The van der Waals surface area contributed by atoms with Crippen LogP contribution >= 0.6 is 0 Å². The second kappa shape index (κ2) is 11.0. The molecule has 30 heavy (non-hydrogen) atoms. The molecule has 2 heterocycles. The van der Waals surface area contributed by atoms with E-state index in [0.29, 0.717) is 23.9 Å². The van der Waals surface area contributed by atoms with Crippen molar-refractivity contribution in [3.05, 3.63) is 76.8 Å². The highest BCUT2D eigenvalue weighted by molar-refractivity contribution is 5.45. The highest BCUT2D eigenvalue weighted by Crippen LogP contribution is 2.30. The number of rotatable bonds is 11. The molecular weight excluding hydrogens is 380 g/mol. The van der Waals surface area contributed by atoms with Gasteiger partial charge in [0.2, 0.25) is 0 Å². The van der Waals surface area contributed by atoms with E-state index in [-0.39, 0.29) is 5.56 Å². The number of hydrogen-bond donors (Lipinski definition) is 0. The molecule has 6 heteroatoms. The minimum absolute atomic E-state index is 0.0467. The lowest BCUT2D eigenvalue weighted by molar-refractivity contribution is 0.299. The number of methoxy groups -OCH3 is 2. The first kappa shape index (κ1) is 21.4. The fourth-order valence-electron chi connectivity index (χ4n) is 3.33. The zero-order chi connectivity index (χ0) is 21.2. The quantitative estimate of drug-likeness (QED) is 0.439. The molecule has 3 rings (SSSR count). The molecule has 0 aliphatic heterocycles. The molecule has 0 saturated carbocycles. The molecule has 0 radical (unpaired) electrons. The smallest absolute Gasteiger partial charge is 0.256 e. The minimum atomic E-state index is -0.0467. The molecule has 0 aliphatic rings. The molecule has 0 atom stereocenters. The summed E-state index contributed by atoms with van der Waals surface area (Å²) in [5.41, 5.74) is 0.942. The lowest BCUT2D eigenvalue weighted by Crippen LogP contribution is -2.21. The summed E-state index contributed by atoms with van der Waals surface area (Å²) in [6, 6.07) is 16.5. The van der Waals surface area contributed by atoms with E-state index < -0.39 is 0 Å². The van der Waals surface area contributed by atoms with Crippen LogP contribution in [0.15, 0.2) is 65.6 Å². The van der Waals surface area contributed by atoms with Gasteiger partial charge in [-0.3, -0.25) is 9.36 Å². The summed E-state index contributed by atoms with van der Waals surface area (Å²) in [6.45, 7) is 0.652. The van der Waals surface area contributed by atoms with Crippen LogP contribution in [0.1, 0.15) is 31.4 Å². The number of benzene rings is 1. The Morgan fingerprint density at radius 3 is 2.47 bits per heavy atom. The Morgan fingerprint density at radius 1 is 0.867 bits per heavy atom. The van der Waals surface area contributed by atoms with Gasteiger partial charge in [0.25, 0.3) is 5.56 Å². The molecule has 6 nitrogen and oxygen atoms in total.